The van der Waals surface area contributed by atoms with E-state index in [1.807, 2.05) is 0 Å². The number of nitrogens with one attached hydrogen (secondary N) is 1. The van der Waals surface area contributed by atoms with Gasteiger partial charge in [0.1, 0.15) is 6.10 Å². The molecule has 1 aliphatic heterocycles. The van der Waals surface area contributed by atoms with E-state index in [9.17, 15) is 14.5 Å². The molecule has 5 nitrogen and oxygen atoms in total. The molecule has 1 aromatic rings. The Bertz CT molecular complexity index is 405. The minimum Gasteiger partial charge on any atom is -0.486 e. The van der Waals surface area contributed by atoms with Crippen LogP contribution in [-0.2, 0) is 0 Å². The smallest absolute Gasteiger partial charge is 0.272 e. The van der Waals surface area contributed by atoms with Gasteiger partial charge in [0.25, 0.3) is 5.69 Å². The van der Waals surface area contributed by atoms with E-state index in [2.05, 4.69) is 5.32 Å². The van der Waals surface area contributed by atoms with E-state index in [4.69, 9.17) is 4.74 Å². The number of non-ortho nitro benzene ring substituents is 1. The van der Waals surface area contributed by atoms with Gasteiger partial charge >= 0.3 is 0 Å². The second-order valence-corrected chi connectivity index (χ2v) is 3.60. The molecule has 6 heteroatoms. The number of nitro benzene ring substituents is 1. The number of hydrogen-bond donors (Lipinski definition) is 1. The first-order valence-electron chi connectivity index (χ1n) is 4.98. The molecule has 1 aliphatic rings. The van der Waals surface area contributed by atoms with Gasteiger partial charge in [0.15, 0.2) is 11.6 Å². The molecule has 0 unspecified atom stereocenters. The molecule has 1 heterocycles. The van der Waals surface area contributed by atoms with Crippen molar-refractivity contribution in [3.8, 4) is 5.75 Å². The summed E-state index contributed by atoms with van der Waals surface area (Å²) in [6.45, 7) is 1.52. The molecular formula is C10H11FN2O3. The van der Waals surface area contributed by atoms with Crippen molar-refractivity contribution in [1.82, 2.24) is 5.32 Å². The molecule has 0 saturated carbocycles. The standard InChI is InChI=1S/C10H11FN2O3/c11-9-5-7(13(14)15)1-2-10(9)16-8-3-4-12-6-8/h1-2,5,8,12H,3-4,6H2/t8-/m0/s1. The lowest BCUT2D eigenvalue weighted by Gasteiger charge is -2.12. The van der Waals surface area contributed by atoms with Crippen LogP contribution in [0.25, 0.3) is 0 Å². The maximum atomic E-state index is 13.4. The third-order valence-corrected chi connectivity index (χ3v) is 2.44. The molecule has 1 fully saturated rings. The van der Waals surface area contributed by atoms with Crippen LogP contribution >= 0.6 is 0 Å². The quantitative estimate of drug-likeness (QED) is 0.626. The highest BCUT2D eigenvalue weighted by Gasteiger charge is 2.19. The number of benzene rings is 1. The first-order valence-corrected chi connectivity index (χ1v) is 4.98. The Hall–Kier alpha value is -1.69. The Balaban J connectivity index is 2.12. The third kappa shape index (κ3) is 2.27. The van der Waals surface area contributed by atoms with E-state index in [0.29, 0.717) is 6.54 Å². The number of hydrogen-bond acceptors (Lipinski definition) is 4. The largest absolute Gasteiger partial charge is 0.486 e. The van der Waals surface area contributed by atoms with Crippen molar-refractivity contribution in [3.05, 3.63) is 34.1 Å². The number of halogens is 1. The molecule has 0 radical (unpaired) electrons. The van der Waals surface area contributed by atoms with E-state index in [-0.39, 0.29) is 17.5 Å². The van der Waals surface area contributed by atoms with E-state index in [1.165, 1.54) is 12.1 Å². The number of nitrogens with zero attached hydrogens (tertiary/aromatic N) is 1. The lowest BCUT2D eigenvalue weighted by Crippen LogP contribution is -2.20. The van der Waals surface area contributed by atoms with Gasteiger partial charge in [0.05, 0.1) is 11.0 Å². The predicted octanol–water partition coefficient (Wildman–Crippen LogP) is 1.47. The van der Waals surface area contributed by atoms with Crippen LogP contribution in [0.5, 0.6) is 5.75 Å². The Morgan fingerprint density at radius 3 is 2.94 bits per heavy atom. The maximum Gasteiger partial charge on any atom is 0.272 e. The van der Waals surface area contributed by atoms with Gasteiger partial charge in [-0.15, -0.1) is 0 Å². The number of ether oxygens (including phenoxy) is 1. The van der Waals surface area contributed by atoms with Gasteiger partial charge in [-0.2, -0.15) is 0 Å². The summed E-state index contributed by atoms with van der Waals surface area (Å²) in [7, 11) is 0. The van der Waals surface area contributed by atoms with Gasteiger partial charge < -0.3 is 10.1 Å². The van der Waals surface area contributed by atoms with Gasteiger partial charge in [-0.05, 0) is 19.0 Å². The lowest BCUT2D eigenvalue weighted by molar-refractivity contribution is -0.385. The van der Waals surface area contributed by atoms with Crippen LogP contribution < -0.4 is 10.1 Å². The van der Waals surface area contributed by atoms with Crippen molar-refractivity contribution in [2.75, 3.05) is 13.1 Å². The lowest BCUT2D eigenvalue weighted by atomic mass is 10.2. The third-order valence-electron chi connectivity index (χ3n) is 2.44. The number of nitro groups is 1. The van der Waals surface area contributed by atoms with Crippen LogP contribution in [0.4, 0.5) is 10.1 Å². The van der Waals surface area contributed by atoms with Crippen molar-refractivity contribution < 1.29 is 14.1 Å². The summed E-state index contributed by atoms with van der Waals surface area (Å²) in [6, 6.07) is 3.41. The van der Waals surface area contributed by atoms with Crippen molar-refractivity contribution in [2.45, 2.75) is 12.5 Å². The minimum atomic E-state index is -0.693. The van der Waals surface area contributed by atoms with Crippen LogP contribution in [0.15, 0.2) is 18.2 Å². The molecule has 0 bridgehead atoms. The summed E-state index contributed by atoms with van der Waals surface area (Å²) >= 11 is 0. The number of rotatable bonds is 3. The van der Waals surface area contributed by atoms with E-state index in [0.717, 1.165) is 19.0 Å². The SMILES string of the molecule is O=[N+]([O-])c1ccc(O[C@H]2CCNC2)c(F)c1. The Kier molecular flexibility index (Phi) is 3.00. The molecule has 2 rings (SSSR count). The zero-order chi connectivity index (χ0) is 11.5. The summed E-state index contributed by atoms with van der Waals surface area (Å²) in [5, 5.41) is 13.5. The molecular weight excluding hydrogens is 215 g/mol. The molecule has 0 amide bonds. The average molecular weight is 226 g/mol. The first-order chi connectivity index (χ1) is 7.66. The maximum absolute atomic E-state index is 13.4. The molecule has 0 aromatic heterocycles. The van der Waals surface area contributed by atoms with E-state index in [1.54, 1.807) is 0 Å². The summed E-state index contributed by atoms with van der Waals surface area (Å²) in [5.41, 5.74) is -0.269. The molecule has 1 atom stereocenters. The normalized spacial score (nSPS) is 19.7. The van der Waals surface area contributed by atoms with Crippen molar-refractivity contribution in [3.63, 3.8) is 0 Å². The topological polar surface area (TPSA) is 64.4 Å². The van der Waals surface area contributed by atoms with Crippen molar-refractivity contribution >= 4 is 5.69 Å². The zero-order valence-electron chi connectivity index (χ0n) is 8.48. The Morgan fingerprint density at radius 2 is 2.38 bits per heavy atom. The zero-order valence-corrected chi connectivity index (χ0v) is 8.48. The Morgan fingerprint density at radius 1 is 1.56 bits per heavy atom. The second kappa shape index (κ2) is 4.44. The molecule has 1 saturated heterocycles. The second-order valence-electron chi connectivity index (χ2n) is 3.60. The average Bonchev–Trinajstić information content (AvgIpc) is 2.73. The van der Waals surface area contributed by atoms with Gasteiger partial charge in [0, 0.05) is 12.6 Å². The monoisotopic (exact) mass is 226 g/mol. The first kappa shape index (κ1) is 10.8. The highest BCUT2D eigenvalue weighted by Crippen LogP contribution is 2.24. The summed E-state index contributed by atoms with van der Waals surface area (Å²) < 4.78 is 18.8. The van der Waals surface area contributed by atoms with E-state index < -0.39 is 10.7 Å². The van der Waals surface area contributed by atoms with Crippen LogP contribution in [0.2, 0.25) is 0 Å². The molecule has 0 spiro atoms. The molecule has 1 N–H and O–H groups in total. The highest BCUT2D eigenvalue weighted by atomic mass is 19.1. The highest BCUT2D eigenvalue weighted by molar-refractivity contribution is 5.37. The van der Waals surface area contributed by atoms with Crippen molar-refractivity contribution in [2.24, 2.45) is 0 Å². The predicted molar refractivity (Wildman–Crippen MR) is 55.0 cm³/mol. The summed E-state index contributed by atoms with van der Waals surface area (Å²) in [5.74, 6) is -0.625. The van der Waals surface area contributed by atoms with E-state index >= 15 is 0 Å². The molecule has 16 heavy (non-hydrogen) atoms. The minimum absolute atomic E-state index is 0.0593. The van der Waals surface area contributed by atoms with Gasteiger partial charge in [-0.3, -0.25) is 10.1 Å². The fourth-order valence-corrected chi connectivity index (χ4v) is 1.61. The van der Waals surface area contributed by atoms with Crippen LogP contribution in [0, 0.1) is 15.9 Å². The molecule has 0 aliphatic carbocycles. The molecule has 1 aromatic carbocycles. The summed E-state index contributed by atoms with van der Waals surface area (Å²) in [6.07, 6.45) is 0.757. The molecule has 86 valence electrons. The fraction of sp³-hybridized carbons (Fsp3) is 0.400. The van der Waals surface area contributed by atoms with Gasteiger partial charge in [-0.25, -0.2) is 4.39 Å². The van der Waals surface area contributed by atoms with Gasteiger partial charge in [0.2, 0.25) is 0 Å². The van der Waals surface area contributed by atoms with Crippen LogP contribution in [0.1, 0.15) is 6.42 Å². The van der Waals surface area contributed by atoms with Gasteiger partial charge in [-0.1, -0.05) is 0 Å². The summed E-state index contributed by atoms with van der Waals surface area (Å²) in [4.78, 5) is 9.76. The van der Waals surface area contributed by atoms with Crippen molar-refractivity contribution in [1.29, 1.82) is 0 Å². The van der Waals surface area contributed by atoms with Crippen LogP contribution in [-0.4, -0.2) is 24.1 Å². The van der Waals surface area contributed by atoms with Crippen LogP contribution in [0.3, 0.4) is 0 Å². The fourth-order valence-electron chi connectivity index (χ4n) is 1.61. The Labute approximate surface area is 91.4 Å².